The highest BCUT2D eigenvalue weighted by Gasteiger charge is 2.09. The van der Waals surface area contributed by atoms with Gasteiger partial charge in [-0.15, -0.1) is 0 Å². The molecule has 0 bridgehead atoms. The van der Waals surface area contributed by atoms with E-state index in [4.69, 9.17) is 11.6 Å². The first-order chi connectivity index (χ1) is 8.54. The van der Waals surface area contributed by atoms with E-state index in [0.717, 1.165) is 14.5 Å². The molecular formula is C14H9Br2ClO. The summed E-state index contributed by atoms with van der Waals surface area (Å²) in [6.07, 6.45) is 0.375. The summed E-state index contributed by atoms with van der Waals surface area (Å²) in [6, 6.07) is 13.0. The Bertz CT molecular complexity index is 559. The predicted molar refractivity (Wildman–Crippen MR) is 81.3 cm³/mol. The molecule has 0 N–H and O–H groups in total. The van der Waals surface area contributed by atoms with Crippen molar-refractivity contribution in [2.45, 2.75) is 6.42 Å². The fraction of sp³-hybridized carbons (Fsp3) is 0.0714. The minimum atomic E-state index is 0.0560. The lowest BCUT2D eigenvalue weighted by molar-refractivity contribution is 0.0993. The fourth-order valence-electron chi connectivity index (χ4n) is 1.60. The molecule has 0 saturated carbocycles. The van der Waals surface area contributed by atoms with Crippen LogP contribution in [0, 0.1) is 0 Å². The van der Waals surface area contributed by atoms with Crippen molar-refractivity contribution in [1.82, 2.24) is 0 Å². The highest BCUT2D eigenvalue weighted by molar-refractivity contribution is 9.10. The summed E-state index contributed by atoms with van der Waals surface area (Å²) in [5.74, 6) is 0.0560. The van der Waals surface area contributed by atoms with E-state index < -0.39 is 0 Å². The Labute approximate surface area is 127 Å². The standard InChI is InChI=1S/C14H9Br2ClO/c15-11-3-1-9(2-4-11)5-14(18)10-6-12(16)8-13(17)7-10/h1-4,6-8H,5H2. The predicted octanol–water partition coefficient (Wildman–Crippen LogP) is 5.29. The Hall–Kier alpha value is -0.640. The highest BCUT2D eigenvalue weighted by Crippen LogP contribution is 2.21. The maximum absolute atomic E-state index is 12.1. The summed E-state index contributed by atoms with van der Waals surface area (Å²) in [5, 5.41) is 0.559. The van der Waals surface area contributed by atoms with E-state index in [2.05, 4.69) is 31.9 Å². The van der Waals surface area contributed by atoms with Crippen LogP contribution < -0.4 is 0 Å². The Morgan fingerprint density at radius 2 is 1.67 bits per heavy atom. The van der Waals surface area contributed by atoms with Crippen LogP contribution in [0.1, 0.15) is 15.9 Å². The lowest BCUT2D eigenvalue weighted by Crippen LogP contribution is -2.03. The highest BCUT2D eigenvalue weighted by atomic mass is 79.9. The number of Topliss-reactive ketones (excluding diaryl/α,β-unsaturated/α-hetero) is 1. The zero-order chi connectivity index (χ0) is 13.1. The van der Waals surface area contributed by atoms with Gasteiger partial charge in [0.2, 0.25) is 0 Å². The molecule has 0 aliphatic rings. The molecule has 92 valence electrons. The third-order valence-corrected chi connectivity index (χ3v) is 3.67. The van der Waals surface area contributed by atoms with Crippen LogP contribution in [0.3, 0.4) is 0 Å². The number of carbonyl (C=O) groups is 1. The van der Waals surface area contributed by atoms with Gasteiger partial charge in [0, 0.05) is 26.0 Å². The molecule has 0 spiro atoms. The van der Waals surface area contributed by atoms with E-state index in [-0.39, 0.29) is 5.78 Å². The second-order valence-corrected chi connectivity index (χ2v) is 6.15. The molecule has 0 aromatic heterocycles. The number of hydrogen-bond donors (Lipinski definition) is 0. The molecule has 1 nitrogen and oxygen atoms in total. The Morgan fingerprint density at radius 3 is 2.28 bits per heavy atom. The van der Waals surface area contributed by atoms with Crippen molar-refractivity contribution in [1.29, 1.82) is 0 Å². The monoisotopic (exact) mass is 386 g/mol. The van der Waals surface area contributed by atoms with Gasteiger partial charge in [-0.2, -0.15) is 0 Å². The number of hydrogen-bond acceptors (Lipinski definition) is 1. The second kappa shape index (κ2) is 6.00. The summed E-state index contributed by atoms with van der Waals surface area (Å²) >= 11 is 12.6. The Balaban J connectivity index is 2.19. The lowest BCUT2D eigenvalue weighted by Gasteiger charge is -2.03. The third-order valence-electron chi connectivity index (χ3n) is 2.46. The summed E-state index contributed by atoms with van der Waals surface area (Å²) in [6.45, 7) is 0. The normalized spacial score (nSPS) is 10.4. The quantitative estimate of drug-likeness (QED) is 0.653. The van der Waals surface area contributed by atoms with Gasteiger partial charge in [0.05, 0.1) is 0 Å². The van der Waals surface area contributed by atoms with Gasteiger partial charge < -0.3 is 0 Å². The molecule has 0 atom stereocenters. The van der Waals surface area contributed by atoms with Crippen molar-refractivity contribution in [3.63, 3.8) is 0 Å². The van der Waals surface area contributed by atoms with Crippen LogP contribution in [-0.4, -0.2) is 5.78 Å². The summed E-state index contributed by atoms with van der Waals surface area (Å²) < 4.78 is 1.82. The molecule has 2 aromatic carbocycles. The summed E-state index contributed by atoms with van der Waals surface area (Å²) in [5.41, 5.74) is 1.61. The molecule has 0 heterocycles. The SMILES string of the molecule is O=C(Cc1ccc(Br)cc1)c1cc(Cl)cc(Br)c1. The van der Waals surface area contributed by atoms with Gasteiger partial charge in [-0.1, -0.05) is 55.6 Å². The Kier molecular flexibility index (Phi) is 4.60. The largest absolute Gasteiger partial charge is 0.294 e. The first-order valence-corrected chi connectivity index (χ1v) is 7.25. The number of benzene rings is 2. The minimum Gasteiger partial charge on any atom is -0.294 e. The number of halogens is 3. The van der Waals surface area contributed by atoms with Gasteiger partial charge in [-0.3, -0.25) is 4.79 Å². The van der Waals surface area contributed by atoms with Gasteiger partial charge in [0.25, 0.3) is 0 Å². The van der Waals surface area contributed by atoms with Crippen molar-refractivity contribution in [3.8, 4) is 0 Å². The molecule has 0 amide bonds. The van der Waals surface area contributed by atoms with Crippen LogP contribution in [-0.2, 0) is 6.42 Å². The number of rotatable bonds is 3. The molecular weight excluding hydrogens is 379 g/mol. The van der Waals surface area contributed by atoms with E-state index in [0.29, 0.717) is 17.0 Å². The van der Waals surface area contributed by atoms with Gasteiger partial charge in [-0.05, 0) is 35.9 Å². The average Bonchev–Trinajstić information content (AvgIpc) is 2.31. The van der Waals surface area contributed by atoms with Crippen LogP contribution in [0.2, 0.25) is 5.02 Å². The summed E-state index contributed by atoms with van der Waals surface area (Å²) in [4.78, 5) is 12.1. The fourth-order valence-corrected chi connectivity index (χ4v) is 2.73. The van der Waals surface area contributed by atoms with E-state index in [1.807, 2.05) is 24.3 Å². The lowest BCUT2D eigenvalue weighted by atomic mass is 10.0. The van der Waals surface area contributed by atoms with Crippen LogP contribution in [0.25, 0.3) is 0 Å². The molecule has 0 aliphatic heterocycles. The first kappa shape index (κ1) is 13.8. The smallest absolute Gasteiger partial charge is 0.167 e. The van der Waals surface area contributed by atoms with E-state index >= 15 is 0 Å². The molecule has 4 heteroatoms. The van der Waals surface area contributed by atoms with Crippen LogP contribution in [0.4, 0.5) is 0 Å². The number of ketones is 1. The molecule has 0 saturated heterocycles. The van der Waals surface area contributed by atoms with Crippen LogP contribution in [0.15, 0.2) is 51.4 Å². The minimum absolute atomic E-state index is 0.0560. The van der Waals surface area contributed by atoms with E-state index in [1.54, 1.807) is 18.2 Å². The van der Waals surface area contributed by atoms with Gasteiger partial charge >= 0.3 is 0 Å². The van der Waals surface area contributed by atoms with Gasteiger partial charge in [-0.25, -0.2) is 0 Å². The maximum Gasteiger partial charge on any atom is 0.167 e. The molecule has 18 heavy (non-hydrogen) atoms. The maximum atomic E-state index is 12.1. The molecule has 2 rings (SSSR count). The molecule has 0 aliphatic carbocycles. The first-order valence-electron chi connectivity index (χ1n) is 5.28. The summed E-state index contributed by atoms with van der Waals surface area (Å²) in [7, 11) is 0. The topological polar surface area (TPSA) is 17.1 Å². The second-order valence-electron chi connectivity index (χ2n) is 3.88. The Morgan fingerprint density at radius 1 is 1.00 bits per heavy atom. The van der Waals surface area contributed by atoms with Crippen molar-refractivity contribution < 1.29 is 4.79 Å². The zero-order valence-electron chi connectivity index (χ0n) is 9.29. The molecule has 0 radical (unpaired) electrons. The van der Waals surface area contributed by atoms with Crippen molar-refractivity contribution in [2.75, 3.05) is 0 Å². The number of carbonyl (C=O) groups excluding carboxylic acids is 1. The van der Waals surface area contributed by atoms with Crippen molar-refractivity contribution in [2.24, 2.45) is 0 Å². The average molecular weight is 388 g/mol. The van der Waals surface area contributed by atoms with Gasteiger partial charge in [0.15, 0.2) is 5.78 Å². The van der Waals surface area contributed by atoms with Crippen molar-refractivity contribution >= 4 is 49.2 Å². The molecule has 0 fully saturated rings. The third kappa shape index (κ3) is 3.67. The van der Waals surface area contributed by atoms with Gasteiger partial charge in [0.1, 0.15) is 0 Å². The van der Waals surface area contributed by atoms with Crippen LogP contribution in [0.5, 0.6) is 0 Å². The molecule has 2 aromatic rings. The van der Waals surface area contributed by atoms with E-state index in [9.17, 15) is 4.79 Å². The van der Waals surface area contributed by atoms with Crippen molar-refractivity contribution in [3.05, 3.63) is 67.6 Å². The van der Waals surface area contributed by atoms with E-state index in [1.165, 1.54) is 0 Å². The molecule has 0 unspecified atom stereocenters. The van der Waals surface area contributed by atoms with Crippen LogP contribution >= 0.6 is 43.5 Å². The zero-order valence-corrected chi connectivity index (χ0v) is 13.2.